The third-order valence-corrected chi connectivity index (χ3v) is 12.0. The maximum Gasteiger partial charge on any atom is 0.238 e. The number of rotatable bonds is 5. The van der Waals surface area contributed by atoms with Gasteiger partial charge in [-0.2, -0.15) is 9.97 Å². The van der Waals surface area contributed by atoms with Gasteiger partial charge < -0.3 is 4.57 Å². The number of para-hydroxylation sites is 5. The van der Waals surface area contributed by atoms with Gasteiger partial charge in [0.15, 0.2) is 11.6 Å². The second kappa shape index (κ2) is 12.6. The molecule has 0 bridgehead atoms. The fourth-order valence-electron chi connectivity index (χ4n) is 9.39. The van der Waals surface area contributed by atoms with Crippen LogP contribution >= 0.6 is 0 Å². The van der Waals surface area contributed by atoms with Crippen molar-refractivity contribution in [2.45, 2.75) is 0 Å². The predicted molar refractivity (Wildman–Crippen MR) is 245 cm³/mol. The van der Waals surface area contributed by atoms with Gasteiger partial charge in [0.25, 0.3) is 0 Å². The summed E-state index contributed by atoms with van der Waals surface area (Å²) in [6.45, 7) is 0. The molecule has 0 aliphatic rings. The summed E-state index contributed by atoms with van der Waals surface area (Å²) in [5.41, 5.74) is 13.0. The van der Waals surface area contributed by atoms with Crippen molar-refractivity contribution < 1.29 is 0 Å². The average Bonchev–Trinajstić information content (AvgIpc) is 4.04. The first-order valence-electron chi connectivity index (χ1n) is 20.2. The minimum Gasteiger partial charge on any atom is -0.309 e. The summed E-state index contributed by atoms with van der Waals surface area (Å²) in [7, 11) is 0. The quantitative estimate of drug-likeness (QED) is 0.175. The summed E-state index contributed by atoms with van der Waals surface area (Å²) in [5, 5.41) is 5.87. The molecule has 0 saturated carbocycles. The largest absolute Gasteiger partial charge is 0.309 e. The minimum atomic E-state index is 0.570. The van der Waals surface area contributed by atoms with Gasteiger partial charge in [-0.05, 0) is 66.7 Å². The number of hydrogen-bond donors (Lipinski definition) is 0. The zero-order valence-corrected chi connectivity index (χ0v) is 32.2. The molecule has 5 aromatic heterocycles. The van der Waals surface area contributed by atoms with Crippen LogP contribution in [0.4, 0.5) is 0 Å². The number of hydrogen-bond acceptors (Lipinski definition) is 3. The van der Waals surface area contributed by atoms with Crippen molar-refractivity contribution in [1.82, 2.24) is 33.1 Å². The number of nitrogens with zero attached hydrogens (tertiary/aromatic N) is 7. The number of imidazole rings is 1. The van der Waals surface area contributed by atoms with E-state index in [1.165, 1.54) is 27.2 Å². The van der Waals surface area contributed by atoms with Crippen LogP contribution in [0.25, 0.3) is 111 Å². The highest BCUT2D eigenvalue weighted by atomic mass is 15.2. The number of fused-ring (bicyclic) bond motifs is 11. The van der Waals surface area contributed by atoms with E-state index in [2.05, 4.69) is 182 Å². The fourth-order valence-corrected chi connectivity index (χ4v) is 9.39. The summed E-state index contributed by atoms with van der Waals surface area (Å²) >= 11 is 0. The standard InChI is InChI=1S/C53H33N7/c1-3-16-34(17-4-1)51-54-52(35-18-5-2-6-19-35)56-53(55-51)60-45-27-12-9-24-40(45)42-32-41-39-23-8-11-26-44(39)57(48(41)33-49(42)60)37-21-15-22-38(31-37)58-46-28-13-14-29-47(46)59-43-25-10-7-20-36(43)30-50(58)59/h1-33H. The van der Waals surface area contributed by atoms with Crippen molar-refractivity contribution in [3.05, 3.63) is 200 Å². The highest BCUT2D eigenvalue weighted by Crippen LogP contribution is 2.40. The molecule has 0 aliphatic carbocycles. The maximum absolute atomic E-state index is 5.21. The van der Waals surface area contributed by atoms with Gasteiger partial charge in [-0.15, -0.1) is 0 Å². The zero-order chi connectivity index (χ0) is 39.3. The molecule has 13 rings (SSSR count). The Morgan fingerprint density at radius 2 is 0.817 bits per heavy atom. The lowest BCUT2D eigenvalue weighted by Gasteiger charge is -2.13. The first kappa shape index (κ1) is 32.8. The first-order valence-corrected chi connectivity index (χ1v) is 20.2. The molecule has 0 unspecified atom stereocenters. The van der Waals surface area contributed by atoms with Crippen LogP contribution in [0.15, 0.2) is 200 Å². The number of aromatic nitrogens is 7. The van der Waals surface area contributed by atoms with E-state index in [1.54, 1.807) is 0 Å². The molecule has 7 nitrogen and oxygen atoms in total. The van der Waals surface area contributed by atoms with Crippen LogP contribution in [0.2, 0.25) is 0 Å². The zero-order valence-electron chi connectivity index (χ0n) is 32.2. The van der Waals surface area contributed by atoms with Gasteiger partial charge in [0, 0.05) is 49.4 Å². The molecule has 0 spiro atoms. The van der Waals surface area contributed by atoms with Gasteiger partial charge in [0.2, 0.25) is 5.95 Å². The molecule has 0 saturated heterocycles. The Bertz CT molecular complexity index is 3770. The minimum absolute atomic E-state index is 0.570. The van der Waals surface area contributed by atoms with Gasteiger partial charge in [-0.1, -0.05) is 133 Å². The molecular weight excluding hydrogens is 735 g/mol. The molecule has 0 aliphatic heterocycles. The summed E-state index contributed by atoms with van der Waals surface area (Å²) < 4.78 is 9.38. The molecule has 60 heavy (non-hydrogen) atoms. The van der Waals surface area contributed by atoms with Gasteiger partial charge in [0.05, 0.1) is 38.6 Å². The summed E-state index contributed by atoms with van der Waals surface area (Å²) in [6, 6.07) is 70.8. The van der Waals surface area contributed by atoms with Crippen LogP contribution < -0.4 is 0 Å². The highest BCUT2D eigenvalue weighted by molar-refractivity contribution is 6.19. The lowest BCUT2D eigenvalue weighted by Crippen LogP contribution is -2.06. The molecule has 5 heterocycles. The fraction of sp³-hybridized carbons (Fsp3) is 0. The van der Waals surface area contributed by atoms with Crippen LogP contribution in [0, 0.1) is 0 Å². The van der Waals surface area contributed by atoms with Crippen LogP contribution in [0.3, 0.4) is 0 Å². The molecule has 0 fully saturated rings. The second-order valence-electron chi connectivity index (χ2n) is 15.3. The third kappa shape index (κ3) is 4.74. The Kier molecular flexibility index (Phi) is 6.88. The molecule has 0 atom stereocenters. The van der Waals surface area contributed by atoms with E-state index in [4.69, 9.17) is 15.0 Å². The Labute approximate surface area is 343 Å². The van der Waals surface area contributed by atoms with E-state index in [-0.39, 0.29) is 0 Å². The van der Waals surface area contributed by atoms with Gasteiger partial charge in [-0.3, -0.25) is 13.5 Å². The van der Waals surface area contributed by atoms with E-state index in [0.717, 1.165) is 66.5 Å². The van der Waals surface area contributed by atoms with E-state index in [0.29, 0.717) is 17.6 Å². The van der Waals surface area contributed by atoms with E-state index < -0.39 is 0 Å². The molecule has 13 aromatic rings. The molecule has 0 N–H and O–H groups in total. The van der Waals surface area contributed by atoms with E-state index in [1.807, 2.05) is 36.4 Å². The highest BCUT2D eigenvalue weighted by Gasteiger charge is 2.22. The molecule has 0 radical (unpaired) electrons. The van der Waals surface area contributed by atoms with Crippen LogP contribution in [-0.4, -0.2) is 33.1 Å². The Morgan fingerprint density at radius 1 is 0.300 bits per heavy atom. The predicted octanol–water partition coefficient (Wildman–Crippen LogP) is 12.7. The second-order valence-corrected chi connectivity index (χ2v) is 15.3. The average molecular weight is 768 g/mol. The molecule has 8 aromatic carbocycles. The first-order chi connectivity index (χ1) is 29.8. The lowest BCUT2D eigenvalue weighted by atomic mass is 10.1. The van der Waals surface area contributed by atoms with Crippen LogP contribution in [0.5, 0.6) is 0 Å². The smallest absolute Gasteiger partial charge is 0.238 e. The van der Waals surface area contributed by atoms with Crippen molar-refractivity contribution in [2.75, 3.05) is 0 Å². The summed E-state index contributed by atoms with van der Waals surface area (Å²) in [6.07, 6.45) is 0. The SMILES string of the molecule is c1ccc(-c2nc(-c3ccccc3)nc(-n3c4ccccc4c4cc5c6ccccc6n(-c6cccc(-n7c8ccccc8n8c9ccccc9cc78)c6)c5cc43)n2)cc1. The Balaban J connectivity index is 1.09. The Hall–Kier alpha value is -8.29. The van der Waals surface area contributed by atoms with Gasteiger partial charge in [-0.25, -0.2) is 4.98 Å². The maximum atomic E-state index is 5.21. The monoisotopic (exact) mass is 767 g/mol. The van der Waals surface area contributed by atoms with Gasteiger partial charge >= 0.3 is 0 Å². The lowest BCUT2D eigenvalue weighted by molar-refractivity contribution is 0.953. The molecule has 280 valence electrons. The van der Waals surface area contributed by atoms with Crippen molar-refractivity contribution in [3.63, 3.8) is 0 Å². The topological polar surface area (TPSA) is 57.9 Å². The normalized spacial score (nSPS) is 12.0. The summed E-state index contributed by atoms with van der Waals surface area (Å²) in [4.78, 5) is 15.4. The van der Waals surface area contributed by atoms with Crippen molar-refractivity contribution in [3.8, 4) is 40.1 Å². The molecule has 7 heteroatoms. The van der Waals surface area contributed by atoms with Crippen LogP contribution in [-0.2, 0) is 0 Å². The van der Waals surface area contributed by atoms with Crippen molar-refractivity contribution in [2.24, 2.45) is 0 Å². The Morgan fingerprint density at radius 3 is 1.48 bits per heavy atom. The molecular formula is C53H33N7. The van der Waals surface area contributed by atoms with Crippen LogP contribution in [0.1, 0.15) is 0 Å². The van der Waals surface area contributed by atoms with Gasteiger partial charge in [0.1, 0.15) is 5.65 Å². The van der Waals surface area contributed by atoms with E-state index >= 15 is 0 Å². The summed E-state index contributed by atoms with van der Waals surface area (Å²) in [5.74, 6) is 1.82. The molecule has 0 amide bonds. The van der Waals surface area contributed by atoms with Crippen molar-refractivity contribution in [1.29, 1.82) is 0 Å². The van der Waals surface area contributed by atoms with E-state index in [9.17, 15) is 0 Å². The van der Waals surface area contributed by atoms with Crippen molar-refractivity contribution >= 4 is 71.2 Å². The number of benzene rings is 8. The third-order valence-electron chi connectivity index (χ3n) is 12.0.